The lowest BCUT2D eigenvalue weighted by atomic mass is 10.1. The topological polar surface area (TPSA) is 50.9 Å². The molecule has 1 atom stereocenters. The Morgan fingerprint density at radius 1 is 1.22 bits per heavy atom. The first-order chi connectivity index (χ1) is 10.8. The van der Waals surface area contributed by atoms with Gasteiger partial charge in [0.05, 0.1) is 23.7 Å². The van der Waals surface area contributed by atoms with Crippen LogP contribution < -0.4 is 0 Å². The summed E-state index contributed by atoms with van der Waals surface area (Å²) < 4.78 is 44.5. The molecular weight excluding hydrogens is 311 g/mol. The third-order valence-electron chi connectivity index (χ3n) is 3.68. The molecule has 0 saturated carbocycles. The minimum Gasteiger partial charge on any atom is -0.465 e. The molecule has 0 amide bonds. The van der Waals surface area contributed by atoms with Gasteiger partial charge in [0.15, 0.2) is 6.10 Å². The molecule has 0 bridgehead atoms. The molecule has 120 valence electrons. The number of fused-ring (bicyclic) bond motifs is 3. The number of hydrogen-bond donors (Lipinski definition) is 1. The summed E-state index contributed by atoms with van der Waals surface area (Å²) in [6.07, 6.45) is -5.71. The zero-order valence-electron chi connectivity index (χ0n) is 12.0. The fraction of sp³-hybridized carbons (Fsp3) is 0.188. The molecule has 1 aromatic carbocycles. The summed E-state index contributed by atoms with van der Waals surface area (Å²) >= 11 is 0. The molecule has 4 nitrogen and oxygen atoms in total. The van der Waals surface area contributed by atoms with Crippen LogP contribution in [0.25, 0.3) is 16.4 Å². The van der Waals surface area contributed by atoms with Gasteiger partial charge in [-0.05, 0) is 23.8 Å². The minimum atomic E-state index is -4.76. The number of rotatable bonds is 2. The molecule has 0 radical (unpaired) electrons. The van der Waals surface area contributed by atoms with E-state index in [-0.39, 0.29) is 11.1 Å². The predicted molar refractivity (Wildman–Crippen MR) is 77.3 cm³/mol. The minimum absolute atomic E-state index is 0.274. The van der Waals surface area contributed by atoms with E-state index in [1.54, 1.807) is 28.8 Å². The number of aromatic nitrogens is 1. The Bertz CT molecular complexity index is 899. The number of carbonyl (C=O) groups is 1. The van der Waals surface area contributed by atoms with Crippen LogP contribution in [0.2, 0.25) is 0 Å². The molecule has 0 aliphatic rings. The van der Waals surface area contributed by atoms with Crippen LogP contribution >= 0.6 is 0 Å². The summed E-state index contributed by atoms with van der Waals surface area (Å²) in [6, 6.07) is 8.86. The van der Waals surface area contributed by atoms with E-state index in [0.717, 1.165) is 6.07 Å². The molecule has 1 unspecified atom stereocenters. The average Bonchev–Trinajstić information content (AvgIpc) is 2.86. The number of alkyl halides is 3. The van der Waals surface area contributed by atoms with Crippen LogP contribution in [0.4, 0.5) is 13.2 Å². The predicted octanol–water partition coefficient (Wildman–Crippen LogP) is 3.47. The van der Waals surface area contributed by atoms with Crippen molar-refractivity contribution < 1.29 is 27.8 Å². The molecule has 2 heterocycles. The molecule has 3 aromatic rings. The number of aliphatic hydroxyl groups excluding tert-OH is 1. The monoisotopic (exact) mass is 323 g/mol. The standard InChI is InChI=1S/C16H12F3NO3/c1-23-15(22)13-10-6-5-9(14(21)16(17,18)19)8-12(10)20-7-3-2-4-11(13)20/h2-8,14,21H,1H3. The largest absolute Gasteiger partial charge is 0.465 e. The fourth-order valence-corrected chi connectivity index (χ4v) is 2.63. The third kappa shape index (κ3) is 2.43. The maximum atomic E-state index is 12.7. The Morgan fingerprint density at radius 2 is 1.96 bits per heavy atom. The number of benzene rings is 1. The van der Waals surface area contributed by atoms with E-state index in [0.29, 0.717) is 16.4 Å². The van der Waals surface area contributed by atoms with Crippen molar-refractivity contribution in [3.05, 3.63) is 53.7 Å². The third-order valence-corrected chi connectivity index (χ3v) is 3.68. The number of hydrogen-bond acceptors (Lipinski definition) is 3. The first kappa shape index (κ1) is 15.4. The second-order valence-electron chi connectivity index (χ2n) is 5.04. The second kappa shape index (κ2) is 5.27. The summed E-state index contributed by atoms with van der Waals surface area (Å²) in [4.78, 5) is 12.0. The van der Waals surface area contributed by atoms with Gasteiger partial charge in [-0.1, -0.05) is 18.2 Å². The van der Waals surface area contributed by atoms with Crippen molar-refractivity contribution in [3.63, 3.8) is 0 Å². The maximum absolute atomic E-state index is 12.7. The smallest absolute Gasteiger partial charge is 0.418 e. The highest BCUT2D eigenvalue weighted by Crippen LogP contribution is 2.35. The summed E-state index contributed by atoms with van der Waals surface area (Å²) in [5.74, 6) is -0.576. The number of pyridine rings is 1. The molecule has 0 aliphatic heterocycles. The van der Waals surface area contributed by atoms with E-state index in [9.17, 15) is 23.1 Å². The number of ether oxygens (including phenoxy) is 1. The van der Waals surface area contributed by atoms with Crippen LogP contribution in [0, 0.1) is 0 Å². The molecule has 0 fully saturated rings. The Morgan fingerprint density at radius 3 is 2.61 bits per heavy atom. The highest BCUT2D eigenvalue weighted by molar-refractivity contribution is 6.11. The van der Waals surface area contributed by atoms with Crippen molar-refractivity contribution in [2.24, 2.45) is 0 Å². The Kier molecular flexibility index (Phi) is 3.52. The highest BCUT2D eigenvalue weighted by Gasteiger charge is 2.39. The van der Waals surface area contributed by atoms with Crippen LogP contribution in [0.3, 0.4) is 0 Å². The van der Waals surface area contributed by atoms with Gasteiger partial charge in [-0.25, -0.2) is 4.79 Å². The number of methoxy groups -OCH3 is 1. The van der Waals surface area contributed by atoms with Crippen LogP contribution in [0.1, 0.15) is 22.0 Å². The molecule has 0 spiro atoms. The van der Waals surface area contributed by atoms with Crippen LogP contribution in [0.15, 0.2) is 42.6 Å². The number of carbonyl (C=O) groups excluding carboxylic acids is 1. The van der Waals surface area contributed by atoms with Gasteiger partial charge >= 0.3 is 12.1 Å². The number of halogens is 3. The van der Waals surface area contributed by atoms with Gasteiger partial charge in [0.25, 0.3) is 0 Å². The van der Waals surface area contributed by atoms with Crippen molar-refractivity contribution in [1.29, 1.82) is 0 Å². The molecular formula is C16H12F3NO3. The molecule has 23 heavy (non-hydrogen) atoms. The lowest BCUT2D eigenvalue weighted by Crippen LogP contribution is -2.20. The molecule has 1 N–H and O–H groups in total. The van der Waals surface area contributed by atoms with Crippen molar-refractivity contribution in [2.45, 2.75) is 12.3 Å². The first-order valence-electron chi connectivity index (χ1n) is 6.70. The van der Waals surface area contributed by atoms with Crippen LogP contribution in [0.5, 0.6) is 0 Å². The van der Waals surface area contributed by atoms with Crippen molar-refractivity contribution >= 4 is 22.4 Å². The van der Waals surface area contributed by atoms with E-state index in [4.69, 9.17) is 4.74 Å². The van der Waals surface area contributed by atoms with Gasteiger partial charge in [-0.3, -0.25) is 0 Å². The van der Waals surface area contributed by atoms with E-state index >= 15 is 0 Å². The van der Waals surface area contributed by atoms with Gasteiger partial charge in [0, 0.05) is 11.6 Å². The van der Waals surface area contributed by atoms with Crippen LogP contribution in [-0.2, 0) is 4.74 Å². The SMILES string of the molecule is COC(=O)c1c2ccc(C(O)C(F)(F)F)cc2n2ccccc12. The van der Waals surface area contributed by atoms with Gasteiger partial charge in [0.2, 0.25) is 0 Å². The molecule has 3 rings (SSSR count). The van der Waals surface area contributed by atoms with Gasteiger partial charge in [0.1, 0.15) is 0 Å². The summed E-state index contributed by atoms with van der Waals surface area (Å²) in [6.45, 7) is 0. The zero-order chi connectivity index (χ0) is 16.8. The summed E-state index contributed by atoms with van der Waals surface area (Å²) in [5, 5.41) is 9.88. The van der Waals surface area contributed by atoms with Crippen molar-refractivity contribution in [2.75, 3.05) is 7.11 Å². The van der Waals surface area contributed by atoms with Gasteiger partial charge in [-0.2, -0.15) is 13.2 Å². The summed E-state index contributed by atoms with van der Waals surface area (Å²) in [7, 11) is 1.24. The normalized spacial score (nSPS) is 13.4. The Labute approximate surface area is 128 Å². The quantitative estimate of drug-likeness (QED) is 0.735. The zero-order valence-corrected chi connectivity index (χ0v) is 12.0. The van der Waals surface area contributed by atoms with Gasteiger partial charge < -0.3 is 14.2 Å². The second-order valence-corrected chi connectivity index (χ2v) is 5.04. The van der Waals surface area contributed by atoms with E-state index in [1.165, 1.54) is 19.2 Å². The lowest BCUT2D eigenvalue weighted by molar-refractivity contribution is -0.206. The highest BCUT2D eigenvalue weighted by atomic mass is 19.4. The number of esters is 1. The van der Waals surface area contributed by atoms with E-state index in [2.05, 4.69) is 0 Å². The molecule has 0 aliphatic carbocycles. The maximum Gasteiger partial charge on any atom is 0.418 e. The molecule has 0 saturated heterocycles. The number of aliphatic hydroxyl groups is 1. The van der Waals surface area contributed by atoms with E-state index in [1.807, 2.05) is 0 Å². The van der Waals surface area contributed by atoms with E-state index < -0.39 is 18.2 Å². The Balaban J connectivity index is 2.32. The van der Waals surface area contributed by atoms with Crippen LogP contribution in [-0.4, -0.2) is 28.8 Å². The summed E-state index contributed by atoms with van der Waals surface area (Å²) in [5.41, 5.74) is 0.899. The number of nitrogens with zero attached hydrogens (tertiary/aromatic N) is 1. The Hall–Kier alpha value is -2.54. The fourth-order valence-electron chi connectivity index (χ4n) is 2.63. The molecule has 2 aromatic heterocycles. The first-order valence-corrected chi connectivity index (χ1v) is 6.70. The average molecular weight is 323 g/mol. The lowest BCUT2D eigenvalue weighted by Gasteiger charge is -2.14. The van der Waals surface area contributed by atoms with Crippen molar-refractivity contribution in [1.82, 2.24) is 4.40 Å². The van der Waals surface area contributed by atoms with Gasteiger partial charge in [-0.15, -0.1) is 0 Å². The van der Waals surface area contributed by atoms with Crippen molar-refractivity contribution in [3.8, 4) is 0 Å². The molecule has 7 heteroatoms.